The van der Waals surface area contributed by atoms with E-state index in [9.17, 15) is 5.11 Å². The first kappa shape index (κ1) is 32.1. The Balaban J connectivity index is 1.48. The van der Waals surface area contributed by atoms with Crippen molar-refractivity contribution in [3.05, 3.63) is 48.5 Å². The maximum Gasteiger partial charge on any atom is 0.161 e. The summed E-state index contributed by atoms with van der Waals surface area (Å²) in [5.74, 6) is 2.51. The predicted molar refractivity (Wildman–Crippen MR) is 161 cm³/mol. The molecule has 0 saturated carbocycles. The first-order chi connectivity index (χ1) is 19.7. The van der Waals surface area contributed by atoms with Crippen LogP contribution in [0.5, 0.6) is 23.0 Å². The summed E-state index contributed by atoms with van der Waals surface area (Å²) in [5, 5.41) is 11.7. The molecule has 0 amide bonds. The van der Waals surface area contributed by atoms with E-state index in [4.69, 9.17) is 23.7 Å². The van der Waals surface area contributed by atoms with Crippen molar-refractivity contribution in [3.63, 3.8) is 0 Å². The quantitative estimate of drug-likeness (QED) is 0.237. The Morgan fingerprint density at radius 2 is 0.900 bits per heavy atom. The van der Waals surface area contributed by atoms with E-state index in [-0.39, 0.29) is 13.2 Å². The van der Waals surface area contributed by atoms with Gasteiger partial charge in [-0.2, -0.15) is 0 Å². The normalized spacial score (nSPS) is 15.9. The van der Waals surface area contributed by atoms with Gasteiger partial charge in [0, 0.05) is 0 Å². The Bertz CT molecular complexity index is 861. The van der Waals surface area contributed by atoms with Crippen LogP contribution >= 0.6 is 0 Å². The van der Waals surface area contributed by atoms with Gasteiger partial charge in [-0.3, -0.25) is 0 Å². The van der Waals surface area contributed by atoms with Gasteiger partial charge in [0.1, 0.15) is 32.0 Å². The highest BCUT2D eigenvalue weighted by atomic mass is 16.6. The lowest BCUT2D eigenvalue weighted by Crippen LogP contribution is -2.42. The number of benzene rings is 2. The van der Waals surface area contributed by atoms with Crippen LogP contribution in [0, 0.1) is 0 Å². The SMILES string of the molecule is CCCCCCCCCCCCCCCC1(O)COc2ccccc2OCCOCCOc2ccccc2OC1. The molecule has 2 aromatic carbocycles. The molecule has 0 radical (unpaired) electrons. The highest BCUT2D eigenvalue weighted by Crippen LogP contribution is 2.31. The highest BCUT2D eigenvalue weighted by Gasteiger charge is 2.30. The average molecular weight is 557 g/mol. The zero-order chi connectivity index (χ0) is 28.1. The first-order valence-corrected chi connectivity index (χ1v) is 15.7. The van der Waals surface area contributed by atoms with Gasteiger partial charge < -0.3 is 28.8 Å². The molecular formula is C34H52O6. The molecule has 2 aromatic rings. The second kappa shape index (κ2) is 19.6. The zero-order valence-corrected chi connectivity index (χ0v) is 24.7. The number of aliphatic hydroxyl groups is 1. The number of rotatable bonds is 14. The number of para-hydroxylation sites is 4. The minimum absolute atomic E-state index is 0.116. The molecule has 0 atom stereocenters. The Kier molecular flexibility index (Phi) is 15.7. The Hall–Kier alpha value is -2.44. The predicted octanol–water partition coefficient (Wildman–Crippen LogP) is 8.14. The average Bonchev–Trinajstić information content (AvgIpc) is 2.97. The molecule has 1 N–H and O–H groups in total. The van der Waals surface area contributed by atoms with Crippen molar-refractivity contribution in [1.82, 2.24) is 0 Å². The second-order valence-corrected chi connectivity index (χ2v) is 11.0. The van der Waals surface area contributed by atoms with Crippen molar-refractivity contribution in [2.24, 2.45) is 0 Å². The molecule has 1 aliphatic heterocycles. The van der Waals surface area contributed by atoms with Crippen LogP contribution in [0.3, 0.4) is 0 Å². The smallest absolute Gasteiger partial charge is 0.161 e. The second-order valence-electron chi connectivity index (χ2n) is 11.0. The van der Waals surface area contributed by atoms with Crippen LogP contribution in [0.1, 0.15) is 96.8 Å². The lowest BCUT2D eigenvalue weighted by atomic mass is 9.96. The number of hydrogen-bond acceptors (Lipinski definition) is 6. The van der Waals surface area contributed by atoms with Crippen LogP contribution in [0.25, 0.3) is 0 Å². The topological polar surface area (TPSA) is 66.4 Å². The maximum absolute atomic E-state index is 11.7. The first-order valence-electron chi connectivity index (χ1n) is 15.7. The van der Waals surface area contributed by atoms with Crippen LogP contribution in [-0.4, -0.2) is 50.3 Å². The summed E-state index contributed by atoms with van der Waals surface area (Å²) >= 11 is 0. The van der Waals surface area contributed by atoms with E-state index in [0.29, 0.717) is 55.8 Å². The maximum atomic E-state index is 11.7. The fraction of sp³-hybridized carbons (Fsp3) is 0.647. The van der Waals surface area contributed by atoms with Gasteiger partial charge in [0.05, 0.1) is 13.2 Å². The van der Waals surface area contributed by atoms with Crippen LogP contribution in [0.4, 0.5) is 0 Å². The van der Waals surface area contributed by atoms with Gasteiger partial charge in [-0.25, -0.2) is 0 Å². The molecule has 0 saturated heterocycles. The summed E-state index contributed by atoms with van der Waals surface area (Å²) in [6.07, 6.45) is 17.4. The zero-order valence-electron chi connectivity index (χ0n) is 24.7. The van der Waals surface area contributed by atoms with E-state index >= 15 is 0 Å². The van der Waals surface area contributed by atoms with Crippen molar-refractivity contribution in [1.29, 1.82) is 0 Å². The minimum atomic E-state index is -1.14. The Morgan fingerprint density at radius 3 is 1.32 bits per heavy atom. The summed E-state index contributed by atoms with van der Waals surface area (Å²) < 4.78 is 29.7. The van der Waals surface area contributed by atoms with Gasteiger partial charge in [-0.15, -0.1) is 0 Å². The summed E-state index contributed by atoms with van der Waals surface area (Å²) in [6, 6.07) is 15.1. The third-order valence-electron chi connectivity index (χ3n) is 7.41. The molecule has 0 spiro atoms. The van der Waals surface area contributed by atoms with Crippen molar-refractivity contribution >= 4 is 0 Å². The molecule has 1 heterocycles. The minimum Gasteiger partial charge on any atom is -0.487 e. The van der Waals surface area contributed by atoms with E-state index in [2.05, 4.69) is 6.92 Å². The van der Waals surface area contributed by atoms with Gasteiger partial charge in [0.15, 0.2) is 23.0 Å². The lowest BCUT2D eigenvalue weighted by Gasteiger charge is -2.29. The summed E-state index contributed by atoms with van der Waals surface area (Å²) in [6.45, 7) is 4.20. The molecule has 6 nitrogen and oxygen atoms in total. The number of hydrogen-bond donors (Lipinski definition) is 1. The third-order valence-corrected chi connectivity index (χ3v) is 7.41. The van der Waals surface area contributed by atoms with Gasteiger partial charge in [0.25, 0.3) is 0 Å². The van der Waals surface area contributed by atoms with E-state index in [1.54, 1.807) is 0 Å². The molecule has 6 heteroatoms. The molecule has 0 aromatic heterocycles. The molecule has 0 bridgehead atoms. The Labute approximate surface area is 242 Å². The van der Waals surface area contributed by atoms with Gasteiger partial charge in [0.2, 0.25) is 0 Å². The molecule has 3 rings (SSSR count). The van der Waals surface area contributed by atoms with E-state index in [0.717, 1.165) is 12.8 Å². The molecule has 0 aliphatic carbocycles. The summed E-state index contributed by atoms with van der Waals surface area (Å²) in [5.41, 5.74) is -1.14. The lowest BCUT2D eigenvalue weighted by molar-refractivity contribution is -0.0486. The van der Waals surface area contributed by atoms with Crippen LogP contribution in [-0.2, 0) is 4.74 Å². The summed E-state index contributed by atoms with van der Waals surface area (Å²) in [4.78, 5) is 0. The van der Waals surface area contributed by atoms with Crippen molar-refractivity contribution in [2.45, 2.75) is 102 Å². The fourth-order valence-corrected chi connectivity index (χ4v) is 4.98. The highest BCUT2D eigenvalue weighted by molar-refractivity contribution is 5.40. The standard InChI is InChI=1S/C34H52O6/c1-2-3-4-5-6-7-8-9-10-11-12-13-18-23-34(35)28-39-32-21-16-14-19-30(32)37-26-24-36-25-27-38-31-20-15-17-22-33(31)40-29-34/h14-17,19-22,35H,2-13,18,23-29H2,1H3. The number of ether oxygens (including phenoxy) is 5. The molecule has 1 aliphatic rings. The molecular weight excluding hydrogens is 504 g/mol. The molecule has 0 unspecified atom stereocenters. The number of unbranched alkanes of at least 4 members (excludes halogenated alkanes) is 12. The third kappa shape index (κ3) is 12.8. The fourth-order valence-electron chi connectivity index (χ4n) is 4.98. The van der Waals surface area contributed by atoms with Gasteiger partial charge in [-0.1, -0.05) is 115 Å². The Morgan fingerprint density at radius 1 is 0.525 bits per heavy atom. The number of fused-ring (bicyclic) bond motifs is 2. The summed E-state index contributed by atoms with van der Waals surface area (Å²) in [7, 11) is 0. The van der Waals surface area contributed by atoms with Gasteiger partial charge in [-0.05, 0) is 30.7 Å². The molecule has 40 heavy (non-hydrogen) atoms. The van der Waals surface area contributed by atoms with Gasteiger partial charge >= 0.3 is 0 Å². The van der Waals surface area contributed by atoms with E-state index in [1.165, 1.54) is 70.6 Å². The van der Waals surface area contributed by atoms with E-state index < -0.39 is 5.60 Å². The van der Waals surface area contributed by atoms with Crippen LogP contribution < -0.4 is 18.9 Å². The van der Waals surface area contributed by atoms with Crippen molar-refractivity contribution in [3.8, 4) is 23.0 Å². The largest absolute Gasteiger partial charge is 0.487 e. The molecule has 0 fully saturated rings. The van der Waals surface area contributed by atoms with Crippen molar-refractivity contribution < 1.29 is 28.8 Å². The molecule has 224 valence electrons. The van der Waals surface area contributed by atoms with E-state index in [1.807, 2.05) is 48.5 Å². The van der Waals surface area contributed by atoms with Crippen LogP contribution in [0.2, 0.25) is 0 Å². The van der Waals surface area contributed by atoms with Crippen molar-refractivity contribution in [2.75, 3.05) is 39.6 Å². The van der Waals surface area contributed by atoms with Crippen LogP contribution in [0.15, 0.2) is 48.5 Å². The monoisotopic (exact) mass is 556 g/mol.